The fraction of sp³-hybridized carbons (Fsp3) is 0.304. The molecule has 1 aromatic carbocycles. The molecule has 8 nitrogen and oxygen atoms in total. The zero-order chi connectivity index (χ0) is 23.6. The molecule has 174 valence electrons. The van der Waals surface area contributed by atoms with E-state index in [2.05, 4.69) is 20.6 Å². The van der Waals surface area contributed by atoms with Gasteiger partial charge in [-0.25, -0.2) is 17.7 Å². The predicted molar refractivity (Wildman–Crippen MR) is 117 cm³/mol. The maximum Gasteiger partial charge on any atom is 0.282 e. The Hall–Kier alpha value is -3.89. The number of aryl methyl sites for hydroxylation is 1. The molecule has 2 aliphatic rings. The molecule has 1 aliphatic heterocycles. The lowest BCUT2D eigenvalue weighted by molar-refractivity contribution is -0.0262. The summed E-state index contributed by atoms with van der Waals surface area (Å²) in [6.45, 7) is 1.14. The number of hydrogen-bond donors (Lipinski definition) is 1. The van der Waals surface area contributed by atoms with Crippen molar-refractivity contribution in [3.8, 4) is 11.4 Å². The summed E-state index contributed by atoms with van der Waals surface area (Å²) in [4.78, 5) is 18.9. The van der Waals surface area contributed by atoms with Crippen LogP contribution in [0.3, 0.4) is 0 Å². The molecule has 1 amide bonds. The smallest absolute Gasteiger partial charge is 0.282 e. The van der Waals surface area contributed by atoms with Crippen LogP contribution in [-0.4, -0.2) is 50.8 Å². The van der Waals surface area contributed by atoms with Gasteiger partial charge >= 0.3 is 0 Å². The lowest BCUT2D eigenvalue weighted by atomic mass is 10.1. The Morgan fingerprint density at radius 2 is 2.03 bits per heavy atom. The number of rotatable bonds is 5. The third-order valence-electron chi connectivity index (χ3n) is 6.17. The Balaban J connectivity index is 1.25. The number of carbonyl (C=O) groups excluding carboxylic acids is 1. The first-order valence-electron chi connectivity index (χ1n) is 10.8. The summed E-state index contributed by atoms with van der Waals surface area (Å²) in [7, 11) is 0. The molecule has 4 aromatic rings. The van der Waals surface area contributed by atoms with E-state index in [1.807, 2.05) is 13.0 Å². The maximum absolute atomic E-state index is 13.3. The Morgan fingerprint density at radius 1 is 1.24 bits per heavy atom. The molecule has 0 unspecified atom stereocenters. The molecule has 0 bridgehead atoms. The molecule has 1 N–H and O–H groups in total. The van der Waals surface area contributed by atoms with E-state index >= 15 is 0 Å². The van der Waals surface area contributed by atoms with E-state index in [1.54, 1.807) is 35.4 Å². The Labute approximate surface area is 191 Å². The lowest BCUT2D eigenvalue weighted by Gasteiger charge is -2.40. The average molecular weight is 468 g/mol. The van der Waals surface area contributed by atoms with Crippen molar-refractivity contribution in [1.29, 1.82) is 0 Å². The van der Waals surface area contributed by atoms with Gasteiger partial charge in [0.05, 0.1) is 36.3 Å². The number of fused-ring (bicyclic) bond motifs is 1. The minimum Gasteiger partial charge on any atom is -0.359 e. The van der Waals surface area contributed by atoms with E-state index in [0.717, 1.165) is 5.56 Å². The van der Waals surface area contributed by atoms with Gasteiger partial charge in [-0.15, -0.1) is 0 Å². The monoisotopic (exact) mass is 468 g/mol. The second-order valence-corrected chi connectivity index (χ2v) is 8.78. The summed E-state index contributed by atoms with van der Waals surface area (Å²) in [6.07, 6.45) is 2.52. The minimum atomic E-state index is -2.69. The van der Waals surface area contributed by atoms with Crippen LogP contribution in [0.2, 0.25) is 0 Å². The van der Waals surface area contributed by atoms with Crippen LogP contribution in [0.1, 0.15) is 34.2 Å². The van der Waals surface area contributed by atoms with Gasteiger partial charge < -0.3 is 14.7 Å². The number of amides is 1. The zero-order valence-electron chi connectivity index (χ0n) is 18.0. The lowest BCUT2D eigenvalue weighted by Crippen LogP contribution is -2.56. The van der Waals surface area contributed by atoms with Gasteiger partial charge in [-0.2, -0.15) is 10.1 Å². The molecular formula is C23H19F3N6O2. The van der Waals surface area contributed by atoms with Gasteiger partial charge in [0.25, 0.3) is 11.8 Å². The number of halogens is 3. The number of nitrogens with one attached hydrogen (secondary N) is 1. The van der Waals surface area contributed by atoms with Crippen molar-refractivity contribution >= 4 is 22.8 Å². The molecule has 3 aromatic heterocycles. The number of hydrogen-bond acceptors (Lipinski definition) is 6. The van der Waals surface area contributed by atoms with E-state index < -0.39 is 18.0 Å². The summed E-state index contributed by atoms with van der Waals surface area (Å²) in [5.74, 6) is -2.84. The maximum atomic E-state index is 13.3. The molecule has 2 fully saturated rings. The highest BCUT2D eigenvalue weighted by atomic mass is 19.3. The van der Waals surface area contributed by atoms with E-state index in [4.69, 9.17) is 4.52 Å². The predicted octanol–water partition coefficient (Wildman–Crippen LogP) is 4.23. The van der Waals surface area contributed by atoms with Crippen LogP contribution in [0.5, 0.6) is 0 Å². The van der Waals surface area contributed by atoms with Crippen LogP contribution < -0.4 is 10.2 Å². The number of aromatic nitrogens is 4. The molecule has 1 aliphatic carbocycles. The summed E-state index contributed by atoms with van der Waals surface area (Å²) in [5, 5.41) is 11.0. The second-order valence-electron chi connectivity index (χ2n) is 8.78. The van der Waals surface area contributed by atoms with Crippen LogP contribution in [0, 0.1) is 6.92 Å². The van der Waals surface area contributed by atoms with Crippen molar-refractivity contribution in [2.24, 2.45) is 0 Å². The van der Waals surface area contributed by atoms with Crippen molar-refractivity contribution in [2.45, 2.75) is 31.4 Å². The third-order valence-corrected chi connectivity index (χ3v) is 6.17. The minimum absolute atomic E-state index is 0.274. The summed E-state index contributed by atoms with van der Waals surface area (Å²) < 4.78 is 46.5. The second kappa shape index (κ2) is 7.31. The normalized spacial score (nSPS) is 20.9. The fourth-order valence-corrected chi connectivity index (χ4v) is 4.04. The van der Waals surface area contributed by atoms with Gasteiger partial charge in [-0.1, -0.05) is 17.3 Å². The first kappa shape index (κ1) is 20.7. The van der Waals surface area contributed by atoms with E-state index in [-0.39, 0.29) is 24.9 Å². The Morgan fingerprint density at radius 3 is 2.76 bits per heavy atom. The summed E-state index contributed by atoms with van der Waals surface area (Å²) in [5.41, 5.74) is 3.39. The molecule has 6 rings (SSSR count). The molecule has 2 atom stereocenters. The highest BCUT2D eigenvalue weighted by Gasteiger charge is 2.44. The number of anilines is 2. The highest BCUT2D eigenvalue weighted by molar-refractivity contribution is 6.09. The van der Waals surface area contributed by atoms with Gasteiger partial charge in [0.2, 0.25) is 11.7 Å². The van der Waals surface area contributed by atoms with Gasteiger partial charge in [-0.3, -0.25) is 4.79 Å². The number of nitrogens with zero attached hydrogens (tertiary/aromatic N) is 5. The third kappa shape index (κ3) is 3.57. The van der Waals surface area contributed by atoms with E-state index in [1.165, 1.54) is 10.7 Å². The average Bonchev–Trinajstić information content (AvgIpc) is 3.17. The van der Waals surface area contributed by atoms with Crippen LogP contribution in [0.15, 0.2) is 47.2 Å². The summed E-state index contributed by atoms with van der Waals surface area (Å²) >= 11 is 0. The number of carbonyl (C=O) groups is 1. The number of benzene rings is 1. The molecule has 11 heteroatoms. The van der Waals surface area contributed by atoms with Crippen LogP contribution in [0.4, 0.5) is 24.5 Å². The van der Waals surface area contributed by atoms with Crippen LogP contribution in [0.25, 0.3) is 16.9 Å². The Kier molecular flexibility index (Phi) is 4.45. The molecule has 34 heavy (non-hydrogen) atoms. The largest absolute Gasteiger partial charge is 0.359 e. The quantitative estimate of drug-likeness (QED) is 0.472. The first-order chi connectivity index (χ1) is 16.3. The van der Waals surface area contributed by atoms with Gasteiger partial charge in [-0.05, 0) is 37.1 Å². The van der Waals surface area contributed by atoms with Gasteiger partial charge in [0, 0.05) is 23.1 Å². The van der Waals surface area contributed by atoms with Gasteiger partial charge in [0.15, 0.2) is 0 Å². The van der Waals surface area contributed by atoms with Crippen LogP contribution >= 0.6 is 0 Å². The molecule has 0 spiro atoms. The fourth-order valence-electron chi connectivity index (χ4n) is 4.04. The van der Waals surface area contributed by atoms with Crippen molar-refractivity contribution in [1.82, 2.24) is 19.8 Å². The SMILES string of the molecule is Cc1ccc(-c2noc([C@H]3C[C@@H]3F)n2)cc1NC(=O)c1cnn2ccc(N3CC(F)(F)C3)cc12. The van der Waals surface area contributed by atoms with Gasteiger partial charge in [0.1, 0.15) is 6.17 Å². The van der Waals surface area contributed by atoms with E-state index in [0.29, 0.717) is 40.3 Å². The molecular weight excluding hydrogens is 449 g/mol. The number of pyridine rings is 1. The molecule has 0 radical (unpaired) electrons. The van der Waals surface area contributed by atoms with Crippen molar-refractivity contribution in [2.75, 3.05) is 23.3 Å². The standard InChI is InChI=1S/C23H19F3N6O2/c1-12-2-3-13(20-29-22(34-30-20)15-8-17(15)24)6-18(12)28-21(33)16-9-27-32-5-4-14(7-19(16)32)31-10-23(25,26)11-31/h2-7,9,15,17H,8,10-11H2,1H3,(H,28,33)/t15-,17-/m0/s1. The van der Waals surface area contributed by atoms with E-state index in [9.17, 15) is 18.0 Å². The van der Waals surface area contributed by atoms with Crippen molar-refractivity contribution in [3.05, 3.63) is 59.7 Å². The van der Waals surface area contributed by atoms with Crippen molar-refractivity contribution < 1.29 is 22.5 Å². The molecule has 4 heterocycles. The summed E-state index contributed by atoms with van der Waals surface area (Å²) in [6, 6.07) is 8.70. The highest BCUT2D eigenvalue weighted by Crippen LogP contribution is 2.43. The molecule has 1 saturated carbocycles. The Bertz CT molecular complexity index is 1420. The first-order valence-corrected chi connectivity index (χ1v) is 10.8. The topological polar surface area (TPSA) is 88.6 Å². The zero-order valence-corrected chi connectivity index (χ0v) is 18.0. The molecule has 1 saturated heterocycles. The van der Waals surface area contributed by atoms with Crippen LogP contribution in [-0.2, 0) is 0 Å². The number of alkyl halides is 3. The van der Waals surface area contributed by atoms with Crippen molar-refractivity contribution in [3.63, 3.8) is 0 Å².